The average Bonchev–Trinajstić information content (AvgIpc) is 2.95. The number of hydrogen-bond donors (Lipinski definition) is 2. The zero-order valence-corrected chi connectivity index (χ0v) is 13.4. The van der Waals surface area contributed by atoms with Gasteiger partial charge in [-0.3, -0.25) is 0 Å². The van der Waals surface area contributed by atoms with E-state index in [9.17, 15) is 0 Å². The first-order valence-electron chi connectivity index (χ1n) is 8.08. The number of hydrogen-bond acceptors (Lipinski definition) is 1. The molecule has 1 aromatic heterocycles. The lowest BCUT2D eigenvalue weighted by Gasteiger charge is -2.08. The first-order chi connectivity index (χ1) is 10.7. The van der Waals surface area contributed by atoms with Gasteiger partial charge in [-0.2, -0.15) is 0 Å². The maximum atomic E-state index is 3.54. The number of nitrogens with one attached hydrogen (secondary N) is 2. The van der Waals surface area contributed by atoms with Crippen molar-refractivity contribution in [3.8, 4) is 0 Å². The van der Waals surface area contributed by atoms with Crippen LogP contribution in [0, 0.1) is 0 Å². The molecule has 3 aromatic rings. The fraction of sp³-hybridized carbons (Fsp3) is 0.300. The maximum absolute atomic E-state index is 3.54. The van der Waals surface area contributed by atoms with Gasteiger partial charge in [0, 0.05) is 23.6 Å². The van der Waals surface area contributed by atoms with Gasteiger partial charge in [0.15, 0.2) is 0 Å². The van der Waals surface area contributed by atoms with Crippen LogP contribution in [-0.2, 0) is 13.0 Å². The fourth-order valence-electron chi connectivity index (χ4n) is 2.81. The molecule has 0 saturated heterocycles. The average molecular weight is 292 g/mol. The summed E-state index contributed by atoms with van der Waals surface area (Å²) in [6.45, 7) is 6.39. The molecule has 0 aliphatic heterocycles. The van der Waals surface area contributed by atoms with E-state index >= 15 is 0 Å². The zero-order valence-electron chi connectivity index (χ0n) is 13.4. The summed E-state index contributed by atoms with van der Waals surface area (Å²) in [7, 11) is 0. The molecule has 2 nitrogen and oxygen atoms in total. The van der Waals surface area contributed by atoms with E-state index in [1.54, 1.807) is 0 Å². The predicted molar refractivity (Wildman–Crippen MR) is 94.2 cm³/mol. The minimum atomic E-state index is 0.601. The van der Waals surface area contributed by atoms with Gasteiger partial charge >= 0.3 is 0 Å². The van der Waals surface area contributed by atoms with E-state index in [4.69, 9.17) is 0 Å². The van der Waals surface area contributed by atoms with Crippen LogP contribution in [0.15, 0.2) is 54.7 Å². The van der Waals surface area contributed by atoms with E-state index in [0.29, 0.717) is 5.92 Å². The number of fused-ring (bicyclic) bond motifs is 1. The smallest absolute Gasteiger partial charge is 0.0456 e. The Labute approximate surface area is 132 Å². The van der Waals surface area contributed by atoms with Gasteiger partial charge in [-0.05, 0) is 41.6 Å². The monoisotopic (exact) mass is 292 g/mol. The minimum Gasteiger partial charge on any atom is -0.361 e. The second-order valence-electron chi connectivity index (χ2n) is 6.18. The van der Waals surface area contributed by atoms with Crippen LogP contribution < -0.4 is 5.32 Å². The Bertz CT molecular complexity index is 723. The third-order valence-corrected chi connectivity index (χ3v) is 4.22. The SMILES string of the molecule is CC(C)c1ccc(CNCCc2c[nH]c3ccccc23)cc1. The molecule has 0 atom stereocenters. The lowest BCUT2D eigenvalue weighted by molar-refractivity contribution is 0.688. The van der Waals surface area contributed by atoms with Crippen molar-refractivity contribution in [2.75, 3.05) is 6.54 Å². The molecule has 0 aliphatic carbocycles. The maximum Gasteiger partial charge on any atom is 0.0456 e. The first-order valence-corrected chi connectivity index (χ1v) is 8.08. The van der Waals surface area contributed by atoms with Gasteiger partial charge in [0.05, 0.1) is 0 Å². The van der Waals surface area contributed by atoms with Crippen LogP contribution in [0.5, 0.6) is 0 Å². The van der Waals surface area contributed by atoms with Gasteiger partial charge in [0.1, 0.15) is 0 Å². The predicted octanol–water partition coefficient (Wildman–Crippen LogP) is 4.62. The summed E-state index contributed by atoms with van der Waals surface area (Å²) in [6, 6.07) is 17.4. The summed E-state index contributed by atoms with van der Waals surface area (Å²) in [4.78, 5) is 3.34. The number of benzene rings is 2. The van der Waals surface area contributed by atoms with Crippen LogP contribution >= 0.6 is 0 Å². The molecule has 2 N–H and O–H groups in total. The lowest BCUT2D eigenvalue weighted by Crippen LogP contribution is -2.16. The molecular weight excluding hydrogens is 268 g/mol. The Kier molecular flexibility index (Phi) is 4.59. The summed E-state index contributed by atoms with van der Waals surface area (Å²) in [5, 5.41) is 4.88. The molecule has 22 heavy (non-hydrogen) atoms. The number of para-hydroxylation sites is 1. The number of rotatable bonds is 6. The van der Waals surface area contributed by atoms with Gasteiger partial charge in [-0.1, -0.05) is 56.3 Å². The molecule has 114 valence electrons. The van der Waals surface area contributed by atoms with Crippen molar-refractivity contribution < 1.29 is 0 Å². The summed E-state index contributed by atoms with van der Waals surface area (Å²) < 4.78 is 0. The summed E-state index contributed by atoms with van der Waals surface area (Å²) >= 11 is 0. The van der Waals surface area contributed by atoms with Gasteiger partial charge in [-0.15, -0.1) is 0 Å². The van der Waals surface area contributed by atoms with Crippen molar-refractivity contribution in [1.82, 2.24) is 10.3 Å². The first kappa shape index (κ1) is 14.9. The fourth-order valence-corrected chi connectivity index (χ4v) is 2.81. The normalized spacial score (nSPS) is 11.4. The third-order valence-electron chi connectivity index (χ3n) is 4.22. The number of H-pyrrole nitrogens is 1. The molecule has 0 bridgehead atoms. The van der Waals surface area contributed by atoms with Crippen LogP contribution in [0.3, 0.4) is 0 Å². The van der Waals surface area contributed by atoms with Gasteiger partial charge < -0.3 is 10.3 Å². The third kappa shape index (κ3) is 3.40. The molecule has 0 spiro atoms. The second kappa shape index (κ2) is 6.80. The molecule has 3 rings (SSSR count). The molecule has 0 aliphatic rings. The van der Waals surface area contributed by atoms with Crippen molar-refractivity contribution >= 4 is 10.9 Å². The Morgan fingerprint density at radius 3 is 2.55 bits per heavy atom. The number of aromatic amines is 1. The van der Waals surface area contributed by atoms with Crippen molar-refractivity contribution in [3.63, 3.8) is 0 Å². The summed E-state index contributed by atoms with van der Waals surface area (Å²) in [5.41, 5.74) is 5.37. The molecule has 0 radical (unpaired) electrons. The van der Waals surface area contributed by atoms with Crippen LogP contribution in [0.1, 0.15) is 36.5 Å². The Morgan fingerprint density at radius 2 is 1.77 bits per heavy atom. The highest BCUT2D eigenvalue weighted by molar-refractivity contribution is 5.83. The molecule has 0 amide bonds. The van der Waals surface area contributed by atoms with Crippen molar-refractivity contribution in [2.24, 2.45) is 0 Å². The minimum absolute atomic E-state index is 0.601. The second-order valence-corrected chi connectivity index (χ2v) is 6.18. The van der Waals surface area contributed by atoms with E-state index in [1.165, 1.54) is 27.6 Å². The van der Waals surface area contributed by atoms with Crippen LogP contribution in [-0.4, -0.2) is 11.5 Å². The summed E-state index contributed by atoms with van der Waals surface area (Å²) in [5.74, 6) is 0.601. The standard InChI is InChI=1S/C20H24N2/c1-15(2)17-9-7-16(8-10-17)13-21-12-11-18-14-22-20-6-4-3-5-19(18)20/h3-10,14-15,21-22H,11-13H2,1-2H3. The molecule has 0 unspecified atom stereocenters. The van der Waals surface area contributed by atoms with Crippen molar-refractivity contribution in [3.05, 3.63) is 71.4 Å². The van der Waals surface area contributed by atoms with E-state index < -0.39 is 0 Å². The number of aromatic nitrogens is 1. The Balaban J connectivity index is 1.51. The van der Waals surface area contributed by atoms with E-state index in [2.05, 4.69) is 78.9 Å². The van der Waals surface area contributed by atoms with E-state index in [1.807, 2.05) is 0 Å². The van der Waals surface area contributed by atoms with Crippen LogP contribution in [0.25, 0.3) is 10.9 Å². The van der Waals surface area contributed by atoms with Crippen molar-refractivity contribution in [1.29, 1.82) is 0 Å². The zero-order chi connectivity index (χ0) is 15.4. The lowest BCUT2D eigenvalue weighted by atomic mass is 10.0. The molecule has 2 aromatic carbocycles. The van der Waals surface area contributed by atoms with Gasteiger partial charge in [-0.25, -0.2) is 0 Å². The molecule has 1 heterocycles. The topological polar surface area (TPSA) is 27.8 Å². The van der Waals surface area contributed by atoms with E-state index in [0.717, 1.165) is 19.5 Å². The Hall–Kier alpha value is -2.06. The van der Waals surface area contributed by atoms with Crippen LogP contribution in [0.2, 0.25) is 0 Å². The highest BCUT2D eigenvalue weighted by Crippen LogP contribution is 2.18. The van der Waals surface area contributed by atoms with Crippen LogP contribution in [0.4, 0.5) is 0 Å². The molecular formula is C20H24N2. The Morgan fingerprint density at radius 1 is 1.00 bits per heavy atom. The van der Waals surface area contributed by atoms with Gasteiger partial charge in [0.2, 0.25) is 0 Å². The molecule has 0 fully saturated rings. The van der Waals surface area contributed by atoms with Crippen molar-refractivity contribution in [2.45, 2.75) is 32.7 Å². The highest BCUT2D eigenvalue weighted by Gasteiger charge is 2.02. The van der Waals surface area contributed by atoms with E-state index in [-0.39, 0.29) is 0 Å². The highest BCUT2D eigenvalue weighted by atomic mass is 14.8. The largest absolute Gasteiger partial charge is 0.361 e. The molecule has 2 heteroatoms. The summed E-state index contributed by atoms with van der Waals surface area (Å²) in [6.07, 6.45) is 3.18. The quantitative estimate of drug-likeness (QED) is 0.637. The van der Waals surface area contributed by atoms with Gasteiger partial charge in [0.25, 0.3) is 0 Å². The molecule has 0 saturated carbocycles.